The molecule has 1 spiro atoms. The van der Waals surface area contributed by atoms with Gasteiger partial charge in [-0.3, -0.25) is 4.79 Å². The first kappa shape index (κ1) is 18.1. The van der Waals surface area contributed by atoms with Crippen LogP contribution in [0.25, 0.3) is 0 Å². The van der Waals surface area contributed by atoms with Crippen LogP contribution in [0, 0.1) is 11.8 Å². The van der Waals surface area contributed by atoms with Gasteiger partial charge in [0.05, 0.1) is 12.4 Å². The summed E-state index contributed by atoms with van der Waals surface area (Å²) in [5, 5.41) is 0. The maximum absolute atomic E-state index is 12.6. The normalized spacial score (nSPS) is 23.6. The molecular formula is C17H25N3O4S. The van der Waals surface area contributed by atoms with E-state index in [1.54, 1.807) is 23.4 Å². The number of carbonyl (C=O) groups is 1. The van der Waals surface area contributed by atoms with E-state index in [2.05, 4.69) is 23.8 Å². The molecule has 25 heavy (non-hydrogen) atoms. The van der Waals surface area contributed by atoms with Gasteiger partial charge in [0, 0.05) is 37.8 Å². The first-order chi connectivity index (χ1) is 11.8. The molecule has 3 heterocycles. The third-order valence-corrected chi connectivity index (χ3v) is 7.86. The van der Waals surface area contributed by atoms with Crippen molar-refractivity contribution < 1.29 is 17.9 Å². The number of carbonyl (C=O) groups excluding carboxylic acids is 1. The molecule has 1 atom stereocenters. The van der Waals surface area contributed by atoms with E-state index >= 15 is 0 Å². The zero-order valence-corrected chi connectivity index (χ0v) is 15.5. The molecule has 0 N–H and O–H groups in total. The number of rotatable bonds is 6. The van der Waals surface area contributed by atoms with Crippen LogP contribution in [0.15, 0.2) is 18.5 Å². The summed E-state index contributed by atoms with van der Waals surface area (Å²) in [6.07, 6.45) is 5.03. The molecule has 7 nitrogen and oxygen atoms in total. The SMILES string of the molecule is CC(C)CCC(=O)N1CC2(C1)[C@H](COc1ncccn1)CCS2(=O)=O. The number of likely N-dealkylation sites (tertiary alicyclic amines) is 1. The number of amides is 1. The van der Waals surface area contributed by atoms with Crippen LogP contribution in [0.5, 0.6) is 6.01 Å². The van der Waals surface area contributed by atoms with Crippen molar-refractivity contribution in [3.8, 4) is 6.01 Å². The molecule has 0 bridgehead atoms. The van der Waals surface area contributed by atoms with Crippen LogP contribution in [-0.2, 0) is 14.6 Å². The number of hydrogen-bond acceptors (Lipinski definition) is 6. The minimum absolute atomic E-state index is 0.0486. The van der Waals surface area contributed by atoms with Crippen molar-refractivity contribution in [2.75, 3.05) is 25.4 Å². The summed E-state index contributed by atoms with van der Waals surface area (Å²) in [4.78, 5) is 21.9. The Labute approximate surface area is 148 Å². The fourth-order valence-electron chi connectivity index (χ4n) is 3.59. The van der Waals surface area contributed by atoms with Crippen molar-refractivity contribution in [1.29, 1.82) is 0 Å². The highest BCUT2D eigenvalue weighted by Gasteiger charge is 2.62. The Kier molecular flexibility index (Phi) is 4.99. The van der Waals surface area contributed by atoms with Gasteiger partial charge in [0.1, 0.15) is 4.75 Å². The first-order valence-corrected chi connectivity index (χ1v) is 10.4. The van der Waals surface area contributed by atoms with Crippen LogP contribution in [0.3, 0.4) is 0 Å². The predicted molar refractivity (Wildman–Crippen MR) is 92.8 cm³/mol. The van der Waals surface area contributed by atoms with Gasteiger partial charge in [-0.15, -0.1) is 0 Å². The molecule has 3 rings (SSSR count). The molecule has 0 aliphatic carbocycles. The smallest absolute Gasteiger partial charge is 0.316 e. The first-order valence-electron chi connectivity index (χ1n) is 8.74. The summed E-state index contributed by atoms with van der Waals surface area (Å²) in [5.41, 5.74) is 0. The molecule has 1 aromatic rings. The fourth-order valence-corrected chi connectivity index (χ4v) is 5.99. The molecule has 2 saturated heterocycles. The van der Waals surface area contributed by atoms with Gasteiger partial charge < -0.3 is 9.64 Å². The van der Waals surface area contributed by atoms with Crippen LogP contribution in [0.4, 0.5) is 0 Å². The summed E-state index contributed by atoms with van der Waals surface area (Å²) in [6.45, 7) is 4.99. The minimum Gasteiger partial charge on any atom is -0.463 e. The number of aromatic nitrogens is 2. The van der Waals surface area contributed by atoms with E-state index in [0.717, 1.165) is 6.42 Å². The van der Waals surface area contributed by atoms with Crippen molar-refractivity contribution >= 4 is 15.7 Å². The van der Waals surface area contributed by atoms with Crippen LogP contribution >= 0.6 is 0 Å². The van der Waals surface area contributed by atoms with E-state index in [4.69, 9.17) is 4.74 Å². The second kappa shape index (κ2) is 6.90. The van der Waals surface area contributed by atoms with Crippen molar-refractivity contribution in [2.45, 2.75) is 37.9 Å². The van der Waals surface area contributed by atoms with E-state index in [1.807, 2.05) is 0 Å². The Bertz CT molecular complexity index is 715. The number of ether oxygens (including phenoxy) is 1. The van der Waals surface area contributed by atoms with E-state index in [9.17, 15) is 13.2 Å². The highest BCUT2D eigenvalue weighted by atomic mass is 32.2. The topological polar surface area (TPSA) is 89.5 Å². The Balaban J connectivity index is 1.63. The molecule has 1 aromatic heterocycles. The molecule has 0 radical (unpaired) electrons. The van der Waals surface area contributed by atoms with Gasteiger partial charge in [-0.25, -0.2) is 18.4 Å². The van der Waals surface area contributed by atoms with E-state index in [-0.39, 0.29) is 43.3 Å². The molecular weight excluding hydrogens is 342 g/mol. The fraction of sp³-hybridized carbons (Fsp3) is 0.706. The average molecular weight is 367 g/mol. The lowest BCUT2D eigenvalue weighted by atomic mass is 9.83. The molecule has 0 saturated carbocycles. The van der Waals surface area contributed by atoms with Crippen LogP contribution < -0.4 is 4.74 Å². The van der Waals surface area contributed by atoms with Gasteiger partial charge in [0.15, 0.2) is 9.84 Å². The number of sulfone groups is 1. The second-order valence-electron chi connectivity index (χ2n) is 7.39. The molecule has 138 valence electrons. The van der Waals surface area contributed by atoms with Gasteiger partial charge in [-0.2, -0.15) is 0 Å². The quantitative estimate of drug-likeness (QED) is 0.753. The summed E-state index contributed by atoms with van der Waals surface area (Å²) >= 11 is 0. The second-order valence-corrected chi connectivity index (χ2v) is 9.84. The zero-order valence-electron chi connectivity index (χ0n) is 14.7. The highest BCUT2D eigenvalue weighted by molar-refractivity contribution is 7.93. The third kappa shape index (κ3) is 3.49. The van der Waals surface area contributed by atoms with Gasteiger partial charge in [-0.1, -0.05) is 13.8 Å². The van der Waals surface area contributed by atoms with E-state index in [0.29, 0.717) is 18.8 Å². The van der Waals surface area contributed by atoms with Gasteiger partial charge >= 0.3 is 6.01 Å². The molecule has 2 aliphatic heterocycles. The van der Waals surface area contributed by atoms with Crippen molar-refractivity contribution in [2.24, 2.45) is 11.8 Å². The summed E-state index contributed by atoms with van der Waals surface area (Å²) in [6, 6.07) is 1.95. The Hall–Kier alpha value is -1.70. The van der Waals surface area contributed by atoms with E-state index in [1.165, 1.54) is 0 Å². The molecule has 1 amide bonds. The average Bonchev–Trinajstić information content (AvgIpc) is 2.81. The lowest BCUT2D eigenvalue weighted by Crippen LogP contribution is -2.68. The maximum Gasteiger partial charge on any atom is 0.316 e. The molecule has 8 heteroatoms. The van der Waals surface area contributed by atoms with E-state index < -0.39 is 14.6 Å². The van der Waals surface area contributed by atoms with Gasteiger partial charge in [0.2, 0.25) is 5.91 Å². The van der Waals surface area contributed by atoms with Crippen molar-refractivity contribution in [3.05, 3.63) is 18.5 Å². The largest absolute Gasteiger partial charge is 0.463 e. The van der Waals surface area contributed by atoms with Crippen LogP contribution in [0.2, 0.25) is 0 Å². The Morgan fingerprint density at radius 1 is 1.36 bits per heavy atom. The highest BCUT2D eigenvalue weighted by Crippen LogP contribution is 2.45. The van der Waals surface area contributed by atoms with Gasteiger partial charge in [0.25, 0.3) is 0 Å². The molecule has 2 aliphatic rings. The van der Waals surface area contributed by atoms with Crippen molar-refractivity contribution in [1.82, 2.24) is 14.9 Å². The number of hydrogen-bond donors (Lipinski definition) is 0. The summed E-state index contributed by atoms with van der Waals surface area (Å²) in [5.74, 6) is 0.536. The lowest BCUT2D eigenvalue weighted by molar-refractivity contribution is -0.137. The minimum atomic E-state index is -3.22. The summed E-state index contributed by atoms with van der Waals surface area (Å²) in [7, 11) is -3.22. The monoisotopic (exact) mass is 367 g/mol. The number of nitrogens with zero attached hydrogens (tertiary/aromatic N) is 3. The predicted octanol–water partition coefficient (Wildman–Crippen LogP) is 1.31. The molecule has 2 fully saturated rings. The standard InChI is InChI=1S/C17H25N3O4S/c1-13(2)4-5-15(21)20-11-17(12-20)14(6-9-25(17,22)23)10-24-16-18-7-3-8-19-16/h3,7-8,13-14H,4-6,9-12H2,1-2H3/t14-/m0/s1. The Morgan fingerprint density at radius 3 is 2.68 bits per heavy atom. The maximum atomic E-state index is 12.6. The lowest BCUT2D eigenvalue weighted by Gasteiger charge is -2.49. The van der Waals surface area contributed by atoms with Crippen LogP contribution in [0.1, 0.15) is 33.1 Å². The molecule has 0 aromatic carbocycles. The van der Waals surface area contributed by atoms with Crippen molar-refractivity contribution in [3.63, 3.8) is 0 Å². The third-order valence-electron chi connectivity index (χ3n) is 5.26. The van der Waals surface area contributed by atoms with Crippen LogP contribution in [-0.4, -0.2) is 59.4 Å². The van der Waals surface area contributed by atoms with Gasteiger partial charge in [-0.05, 0) is 24.8 Å². The Morgan fingerprint density at radius 2 is 2.04 bits per heavy atom. The summed E-state index contributed by atoms with van der Waals surface area (Å²) < 4.78 is 29.9. The molecule has 0 unspecified atom stereocenters. The zero-order chi connectivity index (χ0) is 18.1.